The van der Waals surface area contributed by atoms with E-state index < -0.39 is 0 Å². The maximum absolute atomic E-state index is 11.8. The van der Waals surface area contributed by atoms with Gasteiger partial charge < -0.3 is 10.1 Å². The summed E-state index contributed by atoms with van der Waals surface area (Å²) >= 11 is 0. The summed E-state index contributed by atoms with van der Waals surface area (Å²) in [7, 11) is 0. The Hall–Kier alpha value is -1.78. The monoisotopic (exact) mass is 221 g/mol. The molecule has 2 rings (SSSR count). The third-order valence-electron chi connectivity index (χ3n) is 2.70. The van der Waals surface area contributed by atoms with Crippen LogP contribution < -0.4 is 5.56 Å². The first kappa shape index (κ1) is 10.7. The van der Waals surface area contributed by atoms with Gasteiger partial charge in [0.05, 0.1) is 11.8 Å². The van der Waals surface area contributed by atoms with Crippen LogP contribution in [0.2, 0.25) is 0 Å². The first-order valence-corrected chi connectivity index (χ1v) is 5.49. The number of nitrogens with one attached hydrogen (secondary N) is 1. The van der Waals surface area contributed by atoms with Gasteiger partial charge in [-0.3, -0.25) is 4.79 Å². The minimum absolute atomic E-state index is 0.0414. The molecule has 0 atom stereocenters. The molecular formula is C11H15N3O2. The number of nitrogens with zero attached hydrogens (tertiary/aromatic N) is 2. The van der Waals surface area contributed by atoms with Crippen molar-refractivity contribution < 1.29 is 5.11 Å². The van der Waals surface area contributed by atoms with Gasteiger partial charge in [0.25, 0.3) is 5.56 Å². The van der Waals surface area contributed by atoms with E-state index >= 15 is 0 Å². The maximum atomic E-state index is 11.8. The molecule has 0 aliphatic carbocycles. The Bertz CT molecular complexity index is 568. The van der Waals surface area contributed by atoms with Crippen molar-refractivity contribution in [2.24, 2.45) is 0 Å². The van der Waals surface area contributed by atoms with Crippen LogP contribution in [0.1, 0.15) is 31.4 Å². The molecule has 0 saturated carbocycles. The second-order valence-electron chi connectivity index (χ2n) is 3.79. The average molecular weight is 221 g/mol. The summed E-state index contributed by atoms with van der Waals surface area (Å²) in [5, 5.41) is 14.0. The number of aromatic nitrogens is 3. The van der Waals surface area contributed by atoms with Crippen LogP contribution in [-0.4, -0.2) is 19.7 Å². The Labute approximate surface area is 92.7 Å². The lowest BCUT2D eigenvalue weighted by Crippen LogP contribution is -2.16. The van der Waals surface area contributed by atoms with Gasteiger partial charge in [-0.15, -0.1) is 0 Å². The molecule has 0 bridgehead atoms. The summed E-state index contributed by atoms with van der Waals surface area (Å²) in [5.74, 6) is -0.0414. The highest BCUT2D eigenvalue weighted by atomic mass is 16.3. The first-order valence-electron chi connectivity index (χ1n) is 5.49. The zero-order valence-corrected chi connectivity index (χ0v) is 9.45. The zero-order valence-electron chi connectivity index (χ0n) is 9.45. The summed E-state index contributed by atoms with van der Waals surface area (Å²) in [6.07, 6.45) is 3.80. The van der Waals surface area contributed by atoms with Gasteiger partial charge in [0.15, 0.2) is 0 Å². The van der Waals surface area contributed by atoms with Crippen molar-refractivity contribution in [3.63, 3.8) is 0 Å². The Morgan fingerprint density at radius 1 is 1.50 bits per heavy atom. The van der Waals surface area contributed by atoms with Crippen LogP contribution in [0.5, 0.6) is 5.88 Å². The number of hydrogen-bond acceptors (Lipinski definition) is 3. The van der Waals surface area contributed by atoms with E-state index in [1.54, 1.807) is 6.20 Å². The number of rotatable bonds is 3. The van der Waals surface area contributed by atoms with Gasteiger partial charge >= 0.3 is 0 Å². The van der Waals surface area contributed by atoms with Crippen molar-refractivity contribution in [2.75, 3.05) is 0 Å². The van der Waals surface area contributed by atoms with E-state index in [1.165, 1.54) is 4.52 Å². The number of aryl methyl sites for hydroxylation is 1. The van der Waals surface area contributed by atoms with Gasteiger partial charge in [0.2, 0.25) is 5.88 Å². The lowest BCUT2D eigenvalue weighted by molar-refractivity contribution is 0.426. The molecule has 2 aromatic heterocycles. The number of aromatic amines is 1. The van der Waals surface area contributed by atoms with Crippen LogP contribution in [0.4, 0.5) is 0 Å². The van der Waals surface area contributed by atoms with Gasteiger partial charge in [-0.25, -0.2) is 0 Å². The van der Waals surface area contributed by atoms with E-state index in [-0.39, 0.29) is 11.4 Å². The van der Waals surface area contributed by atoms with Gasteiger partial charge in [0, 0.05) is 5.56 Å². The maximum Gasteiger partial charge on any atom is 0.258 e. The molecule has 0 amide bonds. The fraction of sp³-hybridized carbons (Fsp3) is 0.455. The normalized spacial score (nSPS) is 11.1. The lowest BCUT2D eigenvalue weighted by Gasteiger charge is -2.04. The Kier molecular flexibility index (Phi) is 2.68. The van der Waals surface area contributed by atoms with E-state index in [0.29, 0.717) is 17.6 Å². The Balaban J connectivity index is 2.75. The summed E-state index contributed by atoms with van der Waals surface area (Å²) < 4.78 is 1.39. The molecular weight excluding hydrogens is 206 g/mol. The van der Waals surface area contributed by atoms with Gasteiger partial charge in [-0.05, 0) is 12.8 Å². The van der Waals surface area contributed by atoms with Gasteiger partial charge in [0.1, 0.15) is 5.65 Å². The van der Waals surface area contributed by atoms with Crippen molar-refractivity contribution in [1.82, 2.24) is 14.6 Å². The molecule has 5 nitrogen and oxygen atoms in total. The van der Waals surface area contributed by atoms with E-state index in [1.807, 2.05) is 13.8 Å². The quantitative estimate of drug-likeness (QED) is 0.819. The van der Waals surface area contributed by atoms with Crippen molar-refractivity contribution in [2.45, 2.75) is 33.1 Å². The molecule has 0 saturated heterocycles. The molecule has 0 spiro atoms. The largest absolute Gasteiger partial charge is 0.493 e. The lowest BCUT2D eigenvalue weighted by atomic mass is 10.2. The molecule has 2 N–H and O–H groups in total. The summed E-state index contributed by atoms with van der Waals surface area (Å²) in [6, 6.07) is 0. The zero-order chi connectivity index (χ0) is 11.7. The topological polar surface area (TPSA) is 70.4 Å². The van der Waals surface area contributed by atoms with Crippen molar-refractivity contribution in [1.29, 1.82) is 0 Å². The molecule has 0 aliphatic rings. The third kappa shape index (κ3) is 1.48. The van der Waals surface area contributed by atoms with Crippen LogP contribution in [0, 0.1) is 0 Å². The highest BCUT2D eigenvalue weighted by Crippen LogP contribution is 2.17. The molecule has 2 aromatic rings. The van der Waals surface area contributed by atoms with E-state index in [0.717, 1.165) is 18.4 Å². The van der Waals surface area contributed by atoms with E-state index in [9.17, 15) is 9.90 Å². The van der Waals surface area contributed by atoms with Crippen molar-refractivity contribution in [3.8, 4) is 5.88 Å². The first-order chi connectivity index (χ1) is 7.69. The number of hydrogen-bond donors (Lipinski definition) is 2. The predicted molar refractivity (Wildman–Crippen MR) is 60.9 cm³/mol. The van der Waals surface area contributed by atoms with Crippen LogP contribution in [0.25, 0.3) is 5.65 Å². The average Bonchev–Trinajstić information content (AvgIpc) is 2.67. The predicted octanol–water partition coefficient (Wildman–Crippen LogP) is 1.24. The van der Waals surface area contributed by atoms with E-state index in [2.05, 4.69) is 10.1 Å². The molecule has 0 aliphatic heterocycles. The summed E-state index contributed by atoms with van der Waals surface area (Å²) in [4.78, 5) is 14.5. The fourth-order valence-corrected chi connectivity index (χ4v) is 1.82. The van der Waals surface area contributed by atoms with Crippen molar-refractivity contribution >= 4 is 5.65 Å². The van der Waals surface area contributed by atoms with Gasteiger partial charge in [-0.2, -0.15) is 9.61 Å². The molecule has 2 heterocycles. The standard InChI is InChI=1S/C11H15N3O2/c1-3-5-8-10(15)13-9-7(4-2)6-12-14(9)11(8)16/h6,16H,3-5H2,1-2H3,(H,13,15). The second kappa shape index (κ2) is 4.00. The molecule has 0 radical (unpaired) electrons. The molecule has 16 heavy (non-hydrogen) atoms. The summed E-state index contributed by atoms with van der Waals surface area (Å²) in [6.45, 7) is 3.94. The third-order valence-corrected chi connectivity index (χ3v) is 2.70. The van der Waals surface area contributed by atoms with Crippen LogP contribution >= 0.6 is 0 Å². The number of fused-ring (bicyclic) bond motifs is 1. The van der Waals surface area contributed by atoms with Crippen LogP contribution in [0.15, 0.2) is 11.0 Å². The number of H-pyrrole nitrogens is 1. The Morgan fingerprint density at radius 3 is 2.88 bits per heavy atom. The van der Waals surface area contributed by atoms with Crippen molar-refractivity contribution in [3.05, 3.63) is 27.7 Å². The molecule has 0 aromatic carbocycles. The molecule has 0 fully saturated rings. The smallest absolute Gasteiger partial charge is 0.258 e. The molecule has 5 heteroatoms. The van der Waals surface area contributed by atoms with E-state index in [4.69, 9.17) is 0 Å². The Morgan fingerprint density at radius 2 is 2.25 bits per heavy atom. The van der Waals surface area contributed by atoms with Crippen LogP contribution in [-0.2, 0) is 12.8 Å². The summed E-state index contributed by atoms with van der Waals surface area (Å²) in [5.41, 5.74) is 1.70. The SMILES string of the molecule is CCCc1c(O)n2ncc(CC)c2[nH]c1=O. The minimum atomic E-state index is -0.220. The number of aromatic hydroxyl groups is 1. The molecule has 0 unspecified atom stereocenters. The highest BCUT2D eigenvalue weighted by molar-refractivity contribution is 5.49. The van der Waals surface area contributed by atoms with Gasteiger partial charge in [-0.1, -0.05) is 20.3 Å². The second-order valence-corrected chi connectivity index (χ2v) is 3.79. The fourth-order valence-electron chi connectivity index (χ4n) is 1.82. The minimum Gasteiger partial charge on any atom is -0.493 e. The molecule has 86 valence electrons. The van der Waals surface area contributed by atoms with Crippen LogP contribution in [0.3, 0.4) is 0 Å². The highest BCUT2D eigenvalue weighted by Gasteiger charge is 2.13.